The zero-order valence-electron chi connectivity index (χ0n) is 16.8. The van der Waals surface area contributed by atoms with Gasteiger partial charge >= 0.3 is 5.97 Å². The molecule has 0 atom stereocenters. The highest BCUT2D eigenvalue weighted by atomic mass is 32.2. The van der Waals surface area contributed by atoms with Crippen molar-refractivity contribution in [3.05, 3.63) is 45.4 Å². The summed E-state index contributed by atoms with van der Waals surface area (Å²) in [6.07, 6.45) is 0.336. The SMILES string of the molecule is COC(=O)CCc1c(C)nc(SCC(=O)c2ccc3c(c2)NC(=O)CO3)n(C)c1=O. The lowest BCUT2D eigenvalue weighted by Crippen LogP contribution is -2.26. The second-order valence-electron chi connectivity index (χ2n) is 6.66. The predicted molar refractivity (Wildman–Crippen MR) is 110 cm³/mol. The van der Waals surface area contributed by atoms with Gasteiger partial charge in [-0.05, 0) is 31.5 Å². The summed E-state index contributed by atoms with van der Waals surface area (Å²) < 4.78 is 11.3. The van der Waals surface area contributed by atoms with Gasteiger partial charge in [-0.3, -0.25) is 23.7 Å². The molecule has 0 unspecified atom stereocenters. The van der Waals surface area contributed by atoms with E-state index < -0.39 is 5.97 Å². The Kier molecular flexibility index (Phi) is 6.56. The van der Waals surface area contributed by atoms with Crippen molar-refractivity contribution in [1.82, 2.24) is 9.55 Å². The van der Waals surface area contributed by atoms with Crippen LogP contribution < -0.4 is 15.6 Å². The number of ketones is 1. The summed E-state index contributed by atoms with van der Waals surface area (Å²) in [5, 5.41) is 3.07. The molecule has 2 aromatic rings. The molecule has 158 valence electrons. The molecule has 1 aromatic heterocycles. The fourth-order valence-electron chi connectivity index (χ4n) is 2.95. The third-order valence-electron chi connectivity index (χ3n) is 4.62. The van der Waals surface area contributed by atoms with Gasteiger partial charge in [-0.2, -0.15) is 0 Å². The Hall–Kier alpha value is -3.14. The van der Waals surface area contributed by atoms with Crippen LogP contribution in [-0.4, -0.2) is 46.7 Å². The molecule has 1 aliphatic heterocycles. The number of Topliss-reactive ketones (excluding diaryl/α,β-unsaturated/α-hetero) is 1. The second kappa shape index (κ2) is 9.12. The Balaban J connectivity index is 1.72. The molecular weight excluding hydrogens is 410 g/mol. The van der Waals surface area contributed by atoms with E-state index >= 15 is 0 Å². The van der Waals surface area contributed by atoms with Crippen LogP contribution in [0, 0.1) is 6.92 Å². The summed E-state index contributed by atoms with van der Waals surface area (Å²) in [5.74, 6) is -0.268. The Labute approximate surface area is 176 Å². The number of hydrogen-bond donors (Lipinski definition) is 1. The number of nitrogens with one attached hydrogen (secondary N) is 1. The molecule has 0 spiro atoms. The first-order valence-electron chi connectivity index (χ1n) is 9.16. The Bertz CT molecular complexity index is 1080. The van der Waals surface area contributed by atoms with E-state index in [1.165, 1.54) is 11.7 Å². The zero-order valence-corrected chi connectivity index (χ0v) is 17.6. The summed E-state index contributed by atoms with van der Waals surface area (Å²) in [6, 6.07) is 4.84. The molecule has 1 amide bonds. The van der Waals surface area contributed by atoms with Gasteiger partial charge in [-0.1, -0.05) is 11.8 Å². The molecule has 2 heterocycles. The van der Waals surface area contributed by atoms with Crippen molar-refractivity contribution in [3.8, 4) is 5.75 Å². The number of thioether (sulfide) groups is 1. The largest absolute Gasteiger partial charge is 0.482 e. The molecule has 10 heteroatoms. The van der Waals surface area contributed by atoms with Gasteiger partial charge in [-0.15, -0.1) is 0 Å². The lowest BCUT2D eigenvalue weighted by atomic mass is 10.1. The number of ether oxygens (including phenoxy) is 2. The van der Waals surface area contributed by atoms with Crippen LogP contribution in [0.2, 0.25) is 0 Å². The van der Waals surface area contributed by atoms with E-state index in [2.05, 4.69) is 15.0 Å². The van der Waals surface area contributed by atoms with Crippen LogP contribution in [0.25, 0.3) is 0 Å². The third kappa shape index (κ3) is 4.70. The van der Waals surface area contributed by atoms with E-state index in [4.69, 9.17) is 4.74 Å². The third-order valence-corrected chi connectivity index (χ3v) is 5.65. The molecule has 3 rings (SSSR count). The molecule has 0 bridgehead atoms. The number of carbonyl (C=O) groups is 3. The standard InChI is InChI=1S/C20H21N3O6S/c1-11-13(5-7-18(26)28-3)19(27)23(2)20(21-11)30-10-15(24)12-4-6-16-14(8-12)22-17(25)9-29-16/h4,6,8H,5,7,9-10H2,1-3H3,(H,22,25). The number of benzene rings is 1. The second-order valence-corrected chi connectivity index (χ2v) is 7.60. The highest BCUT2D eigenvalue weighted by Crippen LogP contribution is 2.29. The van der Waals surface area contributed by atoms with Gasteiger partial charge in [-0.25, -0.2) is 4.98 Å². The lowest BCUT2D eigenvalue weighted by Gasteiger charge is -2.18. The maximum absolute atomic E-state index is 12.6. The van der Waals surface area contributed by atoms with Crippen LogP contribution in [0.4, 0.5) is 5.69 Å². The van der Waals surface area contributed by atoms with Crippen molar-refractivity contribution in [2.45, 2.75) is 24.9 Å². The number of aryl methyl sites for hydroxylation is 1. The summed E-state index contributed by atoms with van der Waals surface area (Å²) >= 11 is 1.15. The van der Waals surface area contributed by atoms with Crippen molar-refractivity contribution < 1.29 is 23.9 Å². The lowest BCUT2D eigenvalue weighted by molar-refractivity contribution is -0.140. The maximum Gasteiger partial charge on any atom is 0.305 e. The normalized spacial score (nSPS) is 12.6. The van der Waals surface area contributed by atoms with Gasteiger partial charge < -0.3 is 14.8 Å². The van der Waals surface area contributed by atoms with Crippen molar-refractivity contribution in [2.24, 2.45) is 7.05 Å². The monoisotopic (exact) mass is 431 g/mol. The van der Waals surface area contributed by atoms with Crippen LogP contribution in [0.15, 0.2) is 28.2 Å². The average Bonchev–Trinajstić information content (AvgIpc) is 2.74. The van der Waals surface area contributed by atoms with Gasteiger partial charge in [0.05, 0.1) is 18.6 Å². The van der Waals surface area contributed by atoms with E-state index in [1.807, 2.05) is 0 Å². The molecule has 9 nitrogen and oxygen atoms in total. The maximum atomic E-state index is 12.6. The van der Waals surface area contributed by atoms with Gasteiger partial charge in [0.2, 0.25) is 0 Å². The number of carbonyl (C=O) groups excluding carboxylic acids is 3. The van der Waals surface area contributed by atoms with Gasteiger partial charge in [0.1, 0.15) is 5.75 Å². The van der Waals surface area contributed by atoms with Crippen LogP contribution in [0.3, 0.4) is 0 Å². The van der Waals surface area contributed by atoms with Crippen molar-refractivity contribution in [3.63, 3.8) is 0 Å². The predicted octanol–water partition coefficient (Wildman–Crippen LogP) is 1.50. The number of nitrogens with zero attached hydrogens (tertiary/aromatic N) is 2. The fourth-order valence-corrected chi connectivity index (χ4v) is 3.85. The van der Waals surface area contributed by atoms with Gasteiger partial charge in [0.25, 0.3) is 11.5 Å². The molecular formula is C20H21N3O6S. The summed E-state index contributed by atoms with van der Waals surface area (Å²) in [5.41, 5.74) is 1.59. The van der Waals surface area contributed by atoms with E-state index in [1.54, 1.807) is 32.2 Å². The molecule has 1 aliphatic rings. The number of hydrogen-bond acceptors (Lipinski definition) is 8. The average molecular weight is 431 g/mol. The molecule has 30 heavy (non-hydrogen) atoms. The van der Waals surface area contributed by atoms with E-state index in [9.17, 15) is 19.2 Å². The zero-order chi connectivity index (χ0) is 21.8. The first-order chi connectivity index (χ1) is 14.3. The first-order valence-corrected chi connectivity index (χ1v) is 10.1. The highest BCUT2D eigenvalue weighted by molar-refractivity contribution is 7.99. The van der Waals surface area contributed by atoms with Crippen LogP contribution in [0.1, 0.15) is 28.0 Å². The van der Waals surface area contributed by atoms with E-state index in [-0.39, 0.29) is 42.5 Å². The number of aromatic nitrogens is 2. The van der Waals surface area contributed by atoms with E-state index in [0.29, 0.717) is 33.4 Å². The minimum atomic E-state index is -0.396. The molecule has 0 radical (unpaired) electrons. The quantitative estimate of drug-likeness (QED) is 0.303. The Morgan fingerprint density at radius 2 is 2.10 bits per heavy atom. The van der Waals surface area contributed by atoms with Crippen molar-refractivity contribution in [2.75, 3.05) is 24.8 Å². The first kappa shape index (κ1) is 21.6. The number of esters is 1. The van der Waals surface area contributed by atoms with Gasteiger partial charge in [0.15, 0.2) is 17.5 Å². The number of rotatable bonds is 7. The van der Waals surface area contributed by atoms with Crippen molar-refractivity contribution in [1.29, 1.82) is 0 Å². The van der Waals surface area contributed by atoms with Crippen LogP contribution in [0.5, 0.6) is 5.75 Å². The fraction of sp³-hybridized carbons (Fsp3) is 0.350. The number of methoxy groups -OCH3 is 1. The number of anilines is 1. The minimum absolute atomic E-state index is 0.0508. The Morgan fingerprint density at radius 3 is 2.83 bits per heavy atom. The molecule has 1 aromatic carbocycles. The molecule has 0 fully saturated rings. The molecule has 0 saturated carbocycles. The minimum Gasteiger partial charge on any atom is -0.482 e. The number of amides is 1. The summed E-state index contributed by atoms with van der Waals surface area (Å²) in [4.78, 5) is 52.5. The Morgan fingerprint density at radius 1 is 1.33 bits per heavy atom. The van der Waals surface area contributed by atoms with Crippen LogP contribution >= 0.6 is 11.8 Å². The smallest absolute Gasteiger partial charge is 0.305 e. The molecule has 0 saturated heterocycles. The number of fused-ring (bicyclic) bond motifs is 1. The summed E-state index contributed by atoms with van der Waals surface area (Å²) in [6.45, 7) is 1.65. The van der Waals surface area contributed by atoms with Crippen molar-refractivity contribution >= 4 is 35.1 Å². The summed E-state index contributed by atoms with van der Waals surface area (Å²) in [7, 11) is 2.88. The molecule has 0 aliphatic carbocycles. The molecule has 1 N–H and O–H groups in total. The highest BCUT2D eigenvalue weighted by Gasteiger charge is 2.19. The van der Waals surface area contributed by atoms with E-state index in [0.717, 1.165) is 11.8 Å². The van der Waals surface area contributed by atoms with Gasteiger partial charge in [0, 0.05) is 30.3 Å². The van der Waals surface area contributed by atoms with Crippen LogP contribution in [-0.2, 0) is 27.8 Å². The topological polar surface area (TPSA) is 117 Å².